The Bertz CT molecular complexity index is 1130. The summed E-state index contributed by atoms with van der Waals surface area (Å²) >= 11 is 0. The van der Waals surface area contributed by atoms with Gasteiger partial charge in [0.2, 0.25) is 5.91 Å². The van der Waals surface area contributed by atoms with Crippen molar-refractivity contribution in [2.45, 2.75) is 23.5 Å². The van der Waals surface area contributed by atoms with Crippen LogP contribution in [0, 0.1) is 0 Å². The monoisotopic (exact) mass is 492 g/mol. The van der Waals surface area contributed by atoms with Crippen molar-refractivity contribution in [3.05, 3.63) is 53.6 Å². The lowest BCUT2D eigenvalue weighted by Crippen LogP contribution is -2.48. The minimum absolute atomic E-state index is 0.0131. The quantitative estimate of drug-likeness (QED) is 0.485. The fraction of sp³-hybridized carbons (Fsp3) is 0.300. The molecule has 13 heteroatoms. The Hall–Kier alpha value is -3.06. The summed E-state index contributed by atoms with van der Waals surface area (Å²) in [5, 5.41) is 17.7. The van der Waals surface area contributed by atoms with Gasteiger partial charge in [-0.2, -0.15) is 0 Å². The second kappa shape index (κ2) is 7.22. The summed E-state index contributed by atoms with van der Waals surface area (Å²) in [7, 11) is -10.0. The Balaban J connectivity index is 1.61. The van der Waals surface area contributed by atoms with Gasteiger partial charge in [-0.3, -0.25) is 4.79 Å². The molecule has 1 saturated heterocycles. The molecule has 0 radical (unpaired) electrons. The van der Waals surface area contributed by atoms with Crippen LogP contribution in [0.3, 0.4) is 0 Å². The highest BCUT2D eigenvalue weighted by Crippen LogP contribution is 3.02. The molecule has 7 nitrogen and oxygen atoms in total. The van der Waals surface area contributed by atoms with Crippen molar-refractivity contribution in [2.75, 3.05) is 29.9 Å². The Morgan fingerprint density at radius 2 is 1.85 bits per heavy atom. The third kappa shape index (κ3) is 4.98. The molecule has 0 aromatic heterocycles. The first-order chi connectivity index (χ1) is 15.2. The van der Waals surface area contributed by atoms with Gasteiger partial charge in [0.05, 0.1) is 30.1 Å². The van der Waals surface area contributed by atoms with Crippen molar-refractivity contribution in [3.63, 3.8) is 0 Å². The maximum atomic E-state index is 13.4. The molecular formula is C20H21F5N4O3S. The van der Waals surface area contributed by atoms with Crippen molar-refractivity contribution in [1.29, 1.82) is 0 Å². The van der Waals surface area contributed by atoms with E-state index in [1.54, 1.807) is 24.3 Å². The Labute approximate surface area is 185 Å². The van der Waals surface area contributed by atoms with Crippen molar-refractivity contribution in [1.82, 2.24) is 10.6 Å². The standard InChI is InChI=1S/C20H21F5N4O3S/c21-33(22,23,24,25)13-5-6-17(29-8-7-26-18(30)11-29)15(10-13)27-20(32)28-16-9-12-3-1-2-4-14(12)19(16)31/h1-6,10,16,19,31H,7-9,11H2,(H,26,30)(H2,27,28,32)/t16-,19+/m1/s1. The van der Waals surface area contributed by atoms with E-state index in [0.717, 1.165) is 11.6 Å². The average molecular weight is 492 g/mol. The van der Waals surface area contributed by atoms with E-state index >= 15 is 0 Å². The molecule has 4 rings (SSSR count). The number of benzene rings is 2. The van der Waals surface area contributed by atoms with Gasteiger partial charge in [0.1, 0.15) is 4.90 Å². The molecular weight excluding hydrogens is 471 g/mol. The zero-order valence-electron chi connectivity index (χ0n) is 17.0. The van der Waals surface area contributed by atoms with Crippen molar-refractivity contribution in [3.8, 4) is 0 Å². The molecule has 1 aliphatic carbocycles. The highest BCUT2D eigenvalue weighted by Gasteiger charge is 2.65. The predicted octanol–water partition coefficient (Wildman–Crippen LogP) is 4.06. The van der Waals surface area contributed by atoms with Crippen LogP contribution in [-0.2, 0) is 11.2 Å². The topological polar surface area (TPSA) is 93.7 Å². The summed E-state index contributed by atoms with van der Waals surface area (Å²) in [6.07, 6.45) is -0.747. The molecule has 0 bridgehead atoms. The molecule has 2 aromatic carbocycles. The fourth-order valence-corrected chi connectivity index (χ4v) is 4.67. The molecule has 2 aliphatic rings. The average Bonchev–Trinajstić information content (AvgIpc) is 3.02. The van der Waals surface area contributed by atoms with Crippen LogP contribution in [0.15, 0.2) is 47.4 Å². The molecule has 1 heterocycles. The lowest BCUT2D eigenvalue weighted by molar-refractivity contribution is -0.120. The number of rotatable bonds is 4. The van der Waals surface area contributed by atoms with Gasteiger partial charge in [0, 0.05) is 13.1 Å². The van der Waals surface area contributed by atoms with Gasteiger partial charge in [-0.1, -0.05) is 43.7 Å². The first kappa shape index (κ1) is 23.1. The fourth-order valence-electron chi connectivity index (χ4n) is 4.01. The number of fused-ring (bicyclic) bond motifs is 1. The number of carbonyl (C=O) groups excluding carboxylic acids is 2. The lowest BCUT2D eigenvalue weighted by Gasteiger charge is -2.41. The number of amides is 3. The number of hydrogen-bond donors (Lipinski definition) is 4. The zero-order chi connectivity index (χ0) is 24.1. The Kier molecular flexibility index (Phi) is 5.06. The van der Waals surface area contributed by atoms with Gasteiger partial charge >= 0.3 is 16.3 Å². The minimum Gasteiger partial charge on any atom is -0.386 e. The lowest BCUT2D eigenvalue weighted by atomic mass is 10.1. The largest absolute Gasteiger partial charge is 0.386 e. The Morgan fingerprint density at radius 3 is 2.52 bits per heavy atom. The maximum absolute atomic E-state index is 13.4. The minimum atomic E-state index is -10.0. The first-order valence-electron chi connectivity index (χ1n) is 9.94. The van der Waals surface area contributed by atoms with E-state index in [1.165, 1.54) is 4.90 Å². The predicted molar refractivity (Wildman–Crippen MR) is 114 cm³/mol. The summed E-state index contributed by atoms with van der Waals surface area (Å²) in [5.74, 6) is -0.403. The third-order valence-corrected chi connectivity index (χ3v) is 6.70. The smallest absolute Gasteiger partial charge is 0.319 e. The van der Waals surface area contributed by atoms with Gasteiger partial charge in [-0.15, -0.1) is 0 Å². The molecule has 2 aromatic rings. The normalized spacial score (nSPS) is 22.6. The highest BCUT2D eigenvalue weighted by molar-refractivity contribution is 8.45. The highest BCUT2D eigenvalue weighted by atomic mass is 32.5. The summed E-state index contributed by atoms with van der Waals surface area (Å²) in [6.45, 7) is 0.178. The second-order valence-corrected chi connectivity index (χ2v) is 10.4. The van der Waals surface area contributed by atoms with Crippen LogP contribution in [-0.4, -0.2) is 42.7 Å². The molecule has 2 atom stereocenters. The summed E-state index contributed by atoms with van der Waals surface area (Å²) in [6, 6.07) is 6.43. The number of aliphatic hydroxyl groups excluding tert-OH is 1. The van der Waals surface area contributed by atoms with Crippen LogP contribution in [0.25, 0.3) is 0 Å². The van der Waals surface area contributed by atoms with Gasteiger partial charge in [-0.25, -0.2) is 4.79 Å². The molecule has 0 saturated carbocycles. The van der Waals surface area contributed by atoms with Crippen LogP contribution in [0.1, 0.15) is 17.2 Å². The number of hydrogen-bond acceptors (Lipinski definition) is 4. The van der Waals surface area contributed by atoms with Crippen LogP contribution in [0.4, 0.5) is 35.6 Å². The number of carbonyl (C=O) groups is 2. The van der Waals surface area contributed by atoms with E-state index < -0.39 is 44.9 Å². The first-order valence-corrected chi connectivity index (χ1v) is 11.9. The SMILES string of the molecule is O=C1CN(c2ccc(S(F)(F)(F)(F)F)cc2NC(=O)N[C@@H]2Cc3ccccc3[C@@H]2O)CCN1. The van der Waals surface area contributed by atoms with E-state index in [2.05, 4.69) is 16.0 Å². The van der Waals surface area contributed by atoms with E-state index in [4.69, 9.17) is 0 Å². The number of halogens is 5. The molecule has 4 N–H and O–H groups in total. The Morgan fingerprint density at radius 1 is 1.12 bits per heavy atom. The molecule has 1 aliphatic heterocycles. The summed E-state index contributed by atoms with van der Waals surface area (Å²) in [4.78, 5) is 23.5. The number of nitrogens with one attached hydrogen (secondary N) is 3. The van der Waals surface area contributed by atoms with Gasteiger partial charge in [0.15, 0.2) is 0 Å². The molecule has 1 fully saturated rings. The summed E-state index contributed by atoms with van der Waals surface area (Å²) < 4.78 is 67.0. The third-order valence-electron chi connectivity index (χ3n) is 5.55. The molecule has 3 amide bonds. The number of anilines is 2. The van der Waals surface area contributed by atoms with E-state index in [-0.39, 0.29) is 43.9 Å². The maximum Gasteiger partial charge on any atom is 0.319 e. The summed E-state index contributed by atoms with van der Waals surface area (Å²) in [5.41, 5.74) is 0.878. The van der Waals surface area contributed by atoms with Crippen molar-refractivity contribution in [2.24, 2.45) is 0 Å². The van der Waals surface area contributed by atoms with Crippen molar-refractivity contribution < 1.29 is 34.1 Å². The number of urea groups is 1. The van der Waals surface area contributed by atoms with Gasteiger partial charge in [0.25, 0.3) is 0 Å². The van der Waals surface area contributed by atoms with E-state index in [0.29, 0.717) is 5.56 Å². The van der Waals surface area contributed by atoms with Crippen LogP contribution in [0.2, 0.25) is 0 Å². The van der Waals surface area contributed by atoms with Crippen LogP contribution in [0.5, 0.6) is 0 Å². The number of piperazine rings is 1. The number of nitrogens with zero attached hydrogens (tertiary/aromatic N) is 1. The van der Waals surface area contributed by atoms with Crippen molar-refractivity contribution >= 4 is 33.5 Å². The molecule has 180 valence electrons. The number of aliphatic hydroxyl groups is 1. The van der Waals surface area contributed by atoms with Gasteiger partial charge < -0.3 is 26.0 Å². The van der Waals surface area contributed by atoms with Gasteiger partial charge in [-0.05, 0) is 35.7 Å². The van der Waals surface area contributed by atoms with Crippen LogP contribution >= 0.6 is 10.2 Å². The zero-order valence-corrected chi connectivity index (χ0v) is 17.9. The molecule has 0 unspecified atom stereocenters. The molecule has 0 spiro atoms. The van der Waals surface area contributed by atoms with E-state index in [1.807, 2.05) is 0 Å². The molecule has 33 heavy (non-hydrogen) atoms. The van der Waals surface area contributed by atoms with Crippen LogP contribution < -0.4 is 20.9 Å². The second-order valence-electron chi connectivity index (χ2n) is 7.97. The van der Waals surface area contributed by atoms with E-state index in [9.17, 15) is 34.1 Å².